The number of rotatable bonds is 17. The van der Waals surface area contributed by atoms with Gasteiger partial charge in [-0.2, -0.15) is 0 Å². The molecule has 0 bridgehead atoms. The van der Waals surface area contributed by atoms with Gasteiger partial charge in [0.05, 0.1) is 7.11 Å². The molecule has 12 heteroatoms. The minimum absolute atomic E-state index is 0.0919. The summed E-state index contributed by atoms with van der Waals surface area (Å²) >= 11 is 0. The lowest BCUT2D eigenvalue weighted by Crippen LogP contribution is -2.58. The lowest BCUT2D eigenvalue weighted by atomic mass is 9.85. The maximum atomic E-state index is 14.2. The Labute approximate surface area is 311 Å². The van der Waals surface area contributed by atoms with Gasteiger partial charge in [0.1, 0.15) is 29.8 Å². The molecular weight excluding hydrogens is 662 g/mol. The summed E-state index contributed by atoms with van der Waals surface area (Å²) in [6, 6.07) is 5.94. The van der Waals surface area contributed by atoms with Gasteiger partial charge in [0.2, 0.25) is 17.7 Å². The van der Waals surface area contributed by atoms with Crippen molar-refractivity contribution in [2.45, 2.75) is 155 Å². The van der Waals surface area contributed by atoms with E-state index in [0.29, 0.717) is 31.7 Å². The van der Waals surface area contributed by atoms with Gasteiger partial charge in [-0.25, -0.2) is 9.59 Å². The first-order valence-electron chi connectivity index (χ1n) is 19.2. The molecule has 1 heterocycles. The molecule has 0 radical (unpaired) electrons. The van der Waals surface area contributed by atoms with Crippen molar-refractivity contribution in [2.75, 3.05) is 20.7 Å². The Kier molecular flexibility index (Phi) is 16.4. The summed E-state index contributed by atoms with van der Waals surface area (Å²) in [7, 11) is 3.33. The van der Waals surface area contributed by atoms with E-state index in [0.717, 1.165) is 44.2 Å². The van der Waals surface area contributed by atoms with Gasteiger partial charge < -0.3 is 30.3 Å². The number of ether oxygens (including phenoxy) is 2. The number of fused-ring (bicyclic) bond motifs is 1. The predicted octanol–water partition coefficient (Wildman–Crippen LogP) is 4.98. The van der Waals surface area contributed by atoms with Crippen molar-refractivity contribution in [3.63, 3.8) is 0 Å². The second-order valence-corrected chi connectivity index (χ2v) is 16.3. The number of nitrogens with zero attached hydrogens (tertiary/aromatic N) is 2. The number of hydrogen-bond donors (Lipinski definition) is 3. The number of hydrogen-bond acceptors (Lipinski definition) is 8. The molecule has 1 saturated carbocycles. The highest BCUT2D eigenvalue weighted by atomic mass is 16.6. The van der Waals surface area contributed by atoms with Crippen LogP contribution in [0.25, 0.3) is 0 Å². The molecule has 292 valence electrons. The number of benzene rings is 1. The minimum atomic E-state index is -1.03. The third-order valence-corrected chi connectivity index (χ3v) is 10.2. The normalized spacial score (nSPS) is 20.5. The third kappa shape index (κ3) is 13.1. The second kappa shape index (κ2) is 20.0. The molecular formula is C40H65N5O7. The number of likely N-dealkylation sites (tertiary alicyclic amines) is 1. The second-order valence-electron chi connectivity index (χ2n) is 16.3. The largest absolute Gasteiger partial charge is 0.467 e. The van der Waals surface area contributed by atoms with Gasteiger partial charge in [0.25, 0.3) is 0 Å². The molecule has 1 aromatic carbocycles. The third-order valence-electron chi connectivity index (χ3n) is 10.2. The summed E-state index contributed by atoms with van der Waals surface area (Å²) < 4.78 is 10.8. The molecule has 52 heavy (non-hydrogen) atoms. The van der Waals surface area contributed by atoms with E-state index in [9.17, 15) is 24.0 Å². The van der Waals surface area contributed by atoms with Crippen molar-refractivity contribution >= 4 is 29.8 Å². The number of unbranched alkanes of at least 4 members (excludes halogenated alkanes) is 1. The standard InChI is InChI=1S/C40H65N5O7/c1-26(2)23-32(38(49)51-9)43-36(47)31(24-28-17-11-10-12-18-28)42-35(46)30(20-15-16-22-44(8)27(3)4)41-37(48)34-25-29-19-13-14-21-33(29)45(34)39(50)52-40(5,6)7/h10-12,17-18,26-27,29-34H,13-16,19-25H2,1-9H3,(H,41,48)(H,42,46)(H,43,47)/t29-,30-,31-,32-,33-,34-/m0/s1. The van der Waals surface area contributed by atoms with Crippen LogP contribution in [0.15, 0.2) is 30.3 Å². The SMILES string of the molecule is COC(=O)[C@H](CC(C)C)NC(=O)[C@H](Cc1ccccc1)NC(=O)[C@H](CCCCN(C)C(C)C)NC(=O)[C@@H]1C[C@@H]2CCCC[C@@H]2N1C(=O)OC(C)(C)C. The molecule has 2 aliphatic rings. The molecule has 0 spiro atoms. The van der Waals surface area contributed by atoms with Crippen LogP contribution in [0.4, 0.5) is 4.79 Å². The van der Waals surface area contributed by atoms with Gasteiger partial charge >= 0.3 is 12.1 Å². The molecule has 6 atom stereocenters. The van der Waals surface area contributed by atoms with E-state index in [-0.39, 0.29) is 24.3 Å². The van der Waals surface area contributed by atoms with Gasteiger partial charge in [-0.3, -0.25) is 19.3 Å². The van der Waals surface area contributed by atoms with Crippen molar-refractivity contribution < 1.29 is 33.4 Å². The molecule has 1 aromatic rings. The van der Waals surface area contributed by atoms with Crippen molar-refractivity contribution in [3.8, 4) is 0 Å². The summed E-state index contributed by atoms with van der Waals surface area (Å²) in [4.78, 5) is 72.3. The number of esters is 1. The molecule has 4 amide bonds. The first-order chi connectivity index (χ1) is 24.5. The van der Waals surface area contributed by atoms with Gasteiger partial charge in [0.15, 0.2) is 0 Å². The van der Waals surface area contributed by atoms with Crippen LogP contribution in [-0.4, -0.2) is 102 Å². The number of methoxy groups -OCH3 is 1. The monoisotopic (exact) mass is 727 g/mol. The molecule has 0 unspecified atom stereocenters. The van der Waals surface area contributed by atoms with E-state index in [1.807, 2.05) is 65.0 Å². The highest BCUT2D eigenvalue weighted by Crippen LogP contribution is 2.40. The van der Waals surface area contributed by atoms with E-state index in [4.69, 9.17) is 9.47 Å². The Morgan fingerprint density at radius 2 is 1.52 bits per heavy atom. The van der Waals surface area contributed by atoms with E-state index in [1.54, 1.807) is 4.90 Å². The van der Waals surface area contributed by atoms with Crippen molar-refractivity contribution in [3.05, 3.63) is 35.9 Å². The average molecular weight is 728 g/mol. The van der Waals surface area contributed by atoms with Gasteiger partial charge in [-0.05, 0) is 111 Å². The van der Waals surface area contributed by atoms with Crippen LogP contribution in [0.1, 0.15) is 112 Å². The minimum Gasteiger partial charge on any atom is -0.467 e. The zero-order valence-corrected chi connectivity index (χ0v) is 33.0. The highest BCUT2D eigenvalue weighted by Gasteiger charge is 2.49. The number of carbonyl (C=O) groups is 5. The van der Waals surface area contributed by atoms with Crippen LogP contribution in [-0.2, 0) is 35.1 Å². The molecule has 0 aromatic heterocycles. The quantitative estimate of drug-likeness (QED) is 0.151. The van der Waals surface area contributed by atoms with Crippen LogP contribution >= 0.6 is 0 Å². The predicted molar refractivity (Wildman–Crippen MR) is 201 cm³/mol. The maximum Gasteiger partial charge on any atom is 0.411 e. The highest BCUT2D eigenvalue weighted by molar-refractivity contribution is 5.95. The Hall–Kier alpha value is -3.67. The summed E-state index contributed by atoms with van der Waals surface area (Å²) in [5.41, 5.74) is 0.0904. The molecule has 1 aliphatic carbocycles. The van der Waals surface area contributed by atoms with Crippen molar-refractivity contribution in [1.29, 1.82) is 0 Å². The summed E-state index contributed by atoms with van der Waals surface area (Å²) in [5, 5.41) is 8.75. The van der Waals surface area contributed by atoms with Crippen LogP contribution in [0.5, 0.6) is 0 Å². The van der Waals surface area contributed by atoms with Crippen LogP contribution in [0.2, 0.25) is 0 Å². The summed E-state index contributed by atoms with van der Waals surface area (Å²) in [6.45, 7) is 14.4. The number of carbonyl (C=O) groups excluding carboxylic acids is 5. The van der Waals surface area contributed by atoms with E-state index >= 15 is 0 Å². The number of amides is 4. The van der Waals surface area contributed by atoms with Gasteiger partial charge in [-0.15, -0.1) is 0 Å². The number of nitrogens with one attached hydrogen (secondary N) is 3. The Balaban J connectivity index is 1.88. The van der Waals surface area contributed by atoms with Crippen molar-refractivity contribution in [1.82, 2.24) is 25.8 Å². The average Bonchev–Trinajstić information content (AvgIpc) is 3.48. The van der Waals surface area contributed by atoms with Gasteiger partial charge in [0, 0.05) is 18.5 Å². The molecule has 2 fully saturated rings. The molecule has 1 saturated heterocycles. The Morgan fingerprint density at radius 3 is 2.13 bits per heavy atom. The first kappa shape index (κ1) is 42.7. The fourth-order valence-electron chi connectivity index (χ4n) is 7.21. The molecule has 1 aliphatic heterocycles. The zero-order valence-electron chi connectivity index (χ0n) is 33.0. The maximum absolute atomic E-state index is 14.2. The lowest BCUT2D eigenvalue weighted by Gasteiger charge is -2.35. The first-order valence-corrected chi connectivity index (χ1v) is 19.2. The Morgan fingerprint density at radius 1 is 0.885 bits per heavy atom. The summed E-state index contributed by atoms with van der Waals surface area (Å²) in [6.07, 6.45) is 6.08. The summed E-state index contributed by atoms with van der Waals surface area (Å²) in [5.74, 6) is -1.70. The fourth-order valence-corrected chi connectivity index (χ4v) is 7.21. The molecule has 3 rings (SSSR count). The lowest BCUT2D eigenvalue weighted by molar-refractivity contribution is -0.146. The fraction of sp³-hybridized carbons (Fsp3) is 0.725. The zero-order chi connectivity index (χ0) is 38.6. The van der Waals surface area contributed by atoms with Crippen LogP contribution in [0.3, 0.4) is 0 Å². The van der Waals surface area contributed by atoms with Gasteiger partial charge in [-0.1, -0.05) is 57.0 Å². The topological polar surface area (TPSA) is 146 Å². The van der Waals surface area contributed by atoms with E-state index in [1.165, 1.54) is 7.11 Å². The van der Waals surface area contributed by atoms with Crippen LogP contribution < -0.4 is 16.0 Å². The molecule has 3 N–H and O–H groups in total. The van der Waals surface area contributed by atoms with E-state index < -0.39 is 59.6 Å². The smallest absolute Gasteiger partial charge is 0.411 e. The van der Waals surface area contributed by atoms with E-state index in [2.05, 4.69) is 41.7 Å². The van der Waals surface area contributed by atoms with Crippen LogP contribution in [0, 0.1) is 11.8 Å². The Bertz CT molecular complexity index is 1330. The molecule has 12 nitrogen and oxygen atoms in total. The van der Waals surface area contributed by atoms with Crippen molar-refractivity contribution in [2.24, 2.45) is 11.8 Å².